The molecule has 1 atom stereocenters. The lowest BCUT2D eigenvalue weighted by atomic mass is 10.1. The van der Waals surface area contributed by atoms with E-state index >= 15 is 0 Å². The third-order valence-electron chi connectivity index (χ3n) is 5.42. The molecule has 1 saturated carbocycles. The SMILES string of the molecule is CC[C@H](CC(=O)N(Cc1cccc(Cl)c1Cl)C1CC1)N(CCC(=O)OC)C(=O)OC(C)(C)C. The molecule has 0 bridgehead atoms. The molecule has 2 rings (SSSR count). The summed E-state index contributed by atoms with van der Waals surface area (Å²) in [5.74, 6) is -0.507. The first-order chi connectivity index (χ1) is 15.5. The largest absolute Gasteiger partial charge is 0.469 e. The molecule has 1 aromatic rings. The first-order valence-corrected chi connectivity index (χ1v) is 12.0. The summed E-state index contributed by atoms with van der Waals surface area (Å²) in [4.78, 5) is 41.3. The number of nitrogens with zero attached hydrogens (tertiary/aromatic N) is 2. The Hall–Kier alpha value is -1.99. The van der Waals surface area contributed by atoms with Crippen molar-refractivity contribution < 1.29 is 23.9 Å². The molecule has 0 aromatic heterocycles. The number of carbonyl (C=O) groups excluding carboxylic acids is 3. The fourth-order valence-corrected chi connectivity index (χ4v) is 3.89. The van der Waals surface area contributed by atoms with E-state index < -0.39 is 23.7 Å². The third-order valence-corrected chi connectivity index (χ3v) is 6.27. The Bertz CT molecular complexity index is 852. The number of halogens is 2. The number of rotatable bonds is 10. The van der Waals surface area contributed by atoms with Crippen LogP contribution in [0.15, 0.2) is 18.2 Å². The van der Waals surface area contributed by atoms with Gasteiger partial charge in [-0.2, -0.15) is 0 Å². The molecule has 7 nitrogen and oxygen atoms in total. The van der Waals surface area contributed by atoms with Crippen molar-refractivity contribution >= 4 is 41.2 Å². The van der Waals surface area contributed by atoms with Gasteiger partial charge in [-0.1, -0.05) is 42.3 Å². The predicted octanol–water partition coefficient (Wildman–Crippen LogP) is 5.45. The number of carbonyl (C=O) groups is 3. The quantitative estimate of drug-likeness (QED) is 0.399. The molecule has 0 radical (unpaired) electrons. The molecule has 1 aliphatic rings. The third kappa shape index (κ3) is 8.38. The summed E-state index contributed by atoms with van der Waals surface area (Å²) in [5, 5.41) is 0.890. The maximum atomic E-state index is 13.4. The molecule has 0 unspecified atom stereocenters. The lowest BCUT2D eigenvalue weighted by molar-refractivity contribution is -0.141. The summed E-state index contributed by atoms with van der Waals surface area (Å²) in [5.41, 5.74) is 0.0823. The number of hydrogen-bond acceptors (Lipinski definition) is 5. The van der Waals surface area contributed by atoms with E-state index in [2.05, 4.69) is 0 Å². The second kappa shape index (κ2) is 11.9. The molecule has 2 amide bonds. The maximum Gasteiger partial charge on any atom is 0.410 e. The van der Waals surface area contributed by atoms with E-state index in [4.69, 9.17) is 32.7 Å². The van der Waals surface area contributed by atoms with Crippen LogP contribution in [-0.2, 0) is 25.6 Å². The van der Waals surface area contributed by atoms with E-state index in [0.29, 0.717) is 23.0 Å². The molecular formula is C24H34Cl2N2O5. The van der Waals surface area contributed by atoms with E-state index in [-0.39, 0.29) is 31.3 Å². The predicted molar refractivity (Wildman–Crippen MR) is 128 cm³/mol. The molecule has 184 valence electrons. The molecule has 0 saturated heterocycles. The highest BCUT2D eigenvalue weighted by molar-refractivity contribution is 6.42. The molecule has 1 fully saturated rings. The highest BCUT2D eigenvalue weighted by Crippen LogP contribution is 2.33. The Kier molecular flexibility index (Phi) is 9.85. The van der Waals surface area contributed by atoms with Gasteiger partial charge in [0.1, 0.15) is 5.60 Å². The van der Waals surface area contributed by atoms with Crippen LogP contribution in [0.25, 0.3) is 0 Å². The van der Waals surface area contributed by atoms with Crippen LogP contribution >= 0.6 is 23.2 Å². The van der Waals surface area contributed by atoms with Gasteiger partial charge in [0.2, 0.25) is 5.91 Å². The van der Waals surface area contributed by atoms with Crippen molar-refractivity contribution in [2.75, 3.05) is 13.7 Å². The topological polar surface area (TPSA) is 76.2 Å². The van der Waals surface area contributed by atoms with Gasteiger partial charge in [0.05, 0.1) is 23.6 Å². The van der Waals surface area contributed by atoms with Crippen molar-refractivity contribution in [1.29, 1.82) is 0 Å². The molecule has 0 spiro atoms. The number of ether oxygens (including phenoxy) is 2. The highest BCUT2D eigenvalue weighted by atomic mass is 35.5. The van der Waals surface area contributed by atoms with Crippen LogP contribution in [0.3, 0.4) is 0 Å². The van der Waals surface area contributed by atoms with Crippen molar-refractivity contribution in [3.05, 3.63) is 33.8 Å². The monoisotopic (exact) mass is 500 g/mol. The van der Waals surface area contributed by atoms with E-state index in [1.54, 1.807) is 26.8 Å². The maximum absolute atomic E-state index is 13.4. The highest BCUT2D eigenvalue weighted by Gasteiger charge is 2.36. The summed E-state index contributed by atoms with van der Waals surface area (Å²) < 4.78 is 10.3. The number of esters is 1. The van der Waals surface area contributed by atoms with Crippen LogP contribution in [-0.4, -0.2) is 59.1 Å². The number of hydrogen-bond donors (Lipinski definition) is 0. The van der Waals surface area contributed by atoms with Gasteiger partial charge in [0.15, 0.2) is 0 Å². The zero-order valence-electron chi connectivity index (χ0n) is 20.0. The molecule has 33 heavy (non-hydrogen) atoms. The minimum atomic E-state index is -0.702. The lowest BCUT2D eigenvalue weighted by Gasteiger charge is -2.34. The van der Waals surface area contributed by atoms with Gasteiger partial charge in [0, 0.05) is 31.6 Å². The fourth-order valence-electron chi connectivity index (χ4n) is 3.51. The Morgan fingerprint density at radius 3 is 2.39 bits per heavy atom. The van der Waals surface area contributed by atoms with Crippen LogP contribution in [0.5, 0.6) is 0 Å². The normalized spacial score (nSPS) is 14.4. The van der Waals surface area contributed by atoms with E-state index in [1.165, 1.54) is 12.0 Å². The summed E-state index contributed by atoms with van der Waals surface area (Å²) in [6.07, 6.45) is 1.97. The molecule has 1 aliphatic carbocycles. The van der Waals surface area contributed by atoms with Crippen molar-refractivity contribution in [3.8, 4) is 0 Å². The number of methoxy groups -OCH3 is 1. The number of benzene rings is 1. The summed E-state index contributed by atoms with van der Waals surface area (Å²) in [6.45, 7) is 7.70. The minimum absolute atomic E-state index is 0.0187. The van der Waals surface area contributed by atoms with Gasteiger partial charge in [-0.05, 0) is 51.7 Å². The molecule has 9 heteroatoms. The zero-order valence-corrected chi connectivity index (χ0v) is 21.5. The van der Waals surface area contributed by atoms with Crippen LogP contribution < -0.4 is 0 Å². The Labute approximate surface area is 206 Å². The van der Waals surface area contributed by atoms with Crippen molar-refractivity contribution in [1.82, 2.24) is 9.80 Å². The van der Waals surface area contributed by atoms with E-state index in [0.717, 1.165) is 18.4 Å². The second-order valence-electron chi connectivity index (χ2n) is 9.23. The minimum Gasteiger partial charge on any atom is -0.469 e. The first kappa shape index (κ1) is 27.3. The van der Waals surface area contributed by atoms with Gasteiger partial charge in [-0.3, -0.25) is 9.59 Å². The zero-order chi connectivity index (χ0) is 24.8. The molecule has 0 heterocycles. The van der Waals surface area contributed by atoms with E-state index in [9.17, 15) is 14.4 Å². The molecule has 0 aliphatic heterocycles. The summed E-state index contributed by atoms with van der Waals surface area (Å²) in [7, 11) is 1.30. The Morgan fingerprint density at radius 2 is 1.85 bits per heavy atom. The standard InChI is InChI=1S/C24H34Cl2N2O5/c1-6-17(27(13-12-21(30)32-5)23(31)33-24(2,3)4)14-20(29)28(18-10-11-18)15-16-8-7-9-19(25)22(16)26/h7-9,17-18H,6,10-15H2,1-5H3/t17-/m1/s1. The van der Waals surface area contributed by atoms with Crippen molar-refractivity contribution in [2.24, 2.45) is 0 Å². The Balaban J connectivity index is 2.19. The second-order valence-corrected chi connectivity index (χ2v) is 10.0. The van der Waals surface area contributed by atoms with Crippen molar-refractivity contribution in [2.45, 2.75) is 84.0 Å². The molecule has 1 aromatic carbocycles. The van der Waals surface area contributed by atoms with Gasteiger partial charge >= 0.3 is 12.1 Å². The molecular weight excluding hydrogens is 467 g/mol. The van der Waals surface area contributed by atoms with E-state index in [1.807, 2.05) is 24.0 Å². The van der Waals surface area contributed by atoms with Gasteiger partial charge in [-0.15, -0.1) is 0 Å². The fraction of sp³-hybridized carbons (Fsp3) is 0.625. The van der Waals surface area contributed by atoms with Crippen LogP contribution in [0.1, 0.15) is 65.4 Å². The first-order valence-electron chi connectivity index (χ1n) is 11.3. The summed E-state index contributed by atoms with van der Waals surface area (Å²) in [6, 6.07) is 5.11. The van der Waals surface area contributed by atoms with Gasteiger partial charge in [-0.25, -0.2) is 4.79 Å². The number of amides is 2. The van der Waals surface area contributed by atoms with Crippen molar-refractivity contribution in [3.63, 3.8) is 0 Å². The van der Waals surface area contributed by atoms with Gasteiger partial charge in [0.25, 0.3) is 0 Å². The Morgan fingerprint density at radius 1 is 1.18 bits per heavy atom. The average Bonchev–Trinajstić information content (AvgIpc) is 3.57. The lowest BCUT2D eigenvalue weighted by Crippen LogP contribution is -2.47. The summed E-state index contributed by atoms with van der Waals surface area (Å²) >= 11 is 12.5. The van der Waals surface area contributed by atoms with Crippen LogP contribution in [0.4, 0.5) is 4.79 Å². The smallest absolute Gasteiger partial charge is 0.410 e. The van der Waals surface area contributed by atoms with Crippen LogP contribution in [0, 0.1) is 0 Å². The molecule has 0 N–H and O–H groups in total. The van der Waals surface area contributed by atoms with Crippen LogP contribution in [0.2, 0.25) is 10.0 Å². The average molecular weight is 501 g/mol. The van der Waals surface area contributed by atoms with Gasteiger partial charge < -0.3 is 19.3 Å².